The second-order valence-electron chi connectivity index (χ2n) is 4.70. The van der Waals surface area contributed by atoms with Crippen LogP contribution in [0.4, 0.5) is 5.69 Å². The van der Waals surface area contributed by atoms with Crippen molar-refractivity contribution >= 4 is 15.7 Å². The summed E-state index contributed by atoms with van der Waals surface area (Å²) in [7, 11) is -1.99. The average Bonchev–Trinajstić information content (AvgIpc) is 2.76. The summed E-state index contributed by atoms with van der Waals surface area (Å²) in [6, 6.07) is 3.26. The third-order valence-electron chi connectivity index (χ3n) is 3.11. The van der Waals surface area contributed by atoms with Crippen LogP contribution >= 0.6 is 0 Å². The molecule has 0 saturated heterocycles. The number of aliphatic hydroxyl groups excluding tert-OH is 1. The van der Waals surface area contributed by atoms with Crippen molar-refractivity contribution in [3.8, 4) is 0 Å². The minimum atomic E-state index is -3.70. The van der Waals surface area contributed by atoms with Gasteiger partial charge in [0, 0.05) is 13.2 Å². The molecule has 2 rings (SSSR count). The second kappa shape index (κ2) is 5.26. The number of nitrogens with zero attached hydrogens (tertiary/aromatic N) is 2. The summed E-state index contributed by atoms with van der Waals surface area (Å²) >= 11 is 0. The molecule has 1 aromatic carbocycles. The van der Waals surface area contributed by atoms with E-state index in [1.165, 1.54) is 16.9 Å². The molecule has 2 N–H and O–H groups in total. The van der Waals surface area contributed by atoms with Gasteiger partial charge in [0.2, 0.25) is 0 Å². The lowest BCUT2D eigenvalue weighted by Gasteiger charge is -2.12. The lowest BCUT2D eigenvalue weighted by molar-refractivity contribution is 0.281. The molecule has 2 aromatic rings. The van der Waals surface area contributed by atoms with Crippen LogP contribution in [0.15, 0.2) is 29.4 Å². The van der Waals surface area contributed by atoms with Crippen LogP contribution < -0.4 is 4.72 Å². The Bertz CT molecular complexity index is 735. The lowest BCUT2D eigenvalue weighted by Crippen LogP contribution is -2.15. The molecule has 0 bridgehead atoms. The predicted octanol–water partition coefficient (Wildman–Crippen LogP) is 1.33. The number of nitrogens with one attached hydrogen (secondary N) is 1. The van der Waals surface area contributed by atoms with Gasteiger partial charge in [-0.2, -0.15) is 5.10 Å². The van der Waals surface area contributed by atoms with Crippen LogP contribution in [0.3, 0.4) is 0 Å². The fourth-order valence-electron chi connectivity index (χ4n) is 1.95. The first-order valence-electron chi connectivity index (χ1n) is 6.06. The van der Waals surface area contributed by atoms with Gasteiger partial charge >= 0.3 is 0 Å². The van der Waals surface area contributed by atoms with Gasteiger partial charge in [0.25, 0.3) is 10.0 Å². The molecule has 0 aliphatic rings. The molecule has 6 nitrogen and oxygen atoms in total. The van der Waals surface area contributed by atoms with E-state index < -0.39 is 10.0 Å². The van der Waals surface area contributed by atoms with E-state index >= 15 is 0 Å². The zero-order chi connectivity index (χ0) is 14.9. The average molecular weight is 295 g/mol. The van der Waals surface area contributed by atoms with Crippen LogP contribution in [0.25, 0.3) is 0 Å². The fourth-order valence-corrected chi connectivity index (χ4v) is 3.35. The van der Waals surface area contributed by atoms with Crippen molar-refractivity contribution in [2.75, 3.05) is 4.72 Å². The molecule has 108 valence electrons. The summed E-state index contributed by atoms with van der Waals surface area (Å²) in [4.78, 5) is 0.172. The number of hydrogen-bond acceptors (Lipinski definition) is 4. The highest BCUT2D eigenvalue weighted by molar-refractivity contribution is 7.92. The summed E-state index contributed by atoms with van der Waals surface area (Å²) in [5.41, 5.74) is 2.46. The molecule has 7 heteroatoms. The van der Waals surface area contributed by atoms with Crippen molar-refractivity contribution in [1.82, 2.24) is 9.78 Å². The van der Waals surface area contributed by atoms with E-state index in [4.69, 9.17) is 0 Å². The van der Waals surface area contributed by atoms with E-state index in [0.717, 1.165) is 5.56 Å². The van der Waals surface area contributed by atoms with Crippen LogP contribution in [0.1, 0.15) is 16.7 Å². The Morgan fingerprint density at radius 2 is 2.05 bits per heavy atom. The molecule has 0 spiro atoms. The normalized spacial score (nSPS) is 11.6. The summed E-state index contributed by atoms with van der Waals surface area (Å²) in [6.07, 6.45) is 3.02. The maximum absolute atomic E-state index is 12.4. The molecule has 0 amide bonds. The molecule has 0 radical (unpaired) electrons. The molecular formula is C13H17N3O3S. The molecule has 0 unspecified atom stereocenters. The quantitative estimate of drug-likeness (QED) is 0.891. The van der Waals surface area contributed by atoms with Crippen molar-refractivity contribution in [3.63, 3.8) is 0 Å². The largest absolute Gasteiger partial charge is 0.392 e. The van der Waals surface area contributed by atoms with E-state index in [1.54, 1.807) is 26.2 Å². The predicted molar refractivity (Wildman–Crippen MR) is 75.9 cm³/mol. The molecule has 0 aliphatic carbocycles. The lowest BCUT2D eigenvalue weighted by atomic mass is 10.1. The Morgan fingerprint density at radius 1 is 1.35 bits per heavy atom. The van der Waals surface area contributed by atoms with Crippen LogP contribution in [0.2, 0.25) is 0 Å². The van der Waals surface area contributed by atoms with Gasteiger partial charge in [-0.3, -0.25) is 9.40 Å². The Balaban J connectivity index is 2.46. The maximum atomic E-state index is 12.4. The van der Waals surface area contributed by atoms with Gasteiger partial charge in [-0.05, 0) is 36.6 Å². The monoisotopic (exact) mass is 295 g/mol. The standard InChI is InChI=1S/C13H17N3O3S/c1-9-4-11(8-17)5-13(10(9)2)20(18,19)15-12-6-14-16(3)7-12/h4-7,15,17H,8H2,1-3H3. The van der Waals surface area contributed by atoms with Gasteiger partial charge < -0.3 is 5.11 Å². The second-order valence-corrected chi connectivity index (χ2v) is 6.35. The van der Waals surface area contributed by atoms with E-state index in [1.807, 2.05) is 6.92 Å². The number of sulfonamides is 1. The van der Waals surface area contributed by atoms with E-state index in [0.29, 0.717) is 16.8 Å². The smallest absolute Gasteiger partial charge is 0.262 e. The van der Waals surface area contributed by atoms with Crippen LogP contribution in [-0.2, 0) is 23.7 Å². The molecule has 1 aromatic heterocycles. The summed E-state index contributed by atoms with van der Waals surface area (Å²) in [6.45, 7) is 3.36. The van der Waals surface area contributed by atoms with Crippen LogP contribution in [-0.4, -0.2) is 23.3 Å². The van der Waals surface area contributed by atoms with Gasteiger partial charge in [0.05, 0.1) is 23.4 Å². The summed E-state index contributed by atoms with van der Waals surface area (Å²) in [5.74, 6) is 0. The topological polar surface area (TPSA) is 84.2 Å². The first-order valence-corrected chi connectivity index (χ1v) is 7.54. The van der Waals surface area contributed by atoms with Gasteiger partial charge in [0.1, 0.15) is 0 Å². The number of hydrogen-bond donors (Lipinski definition) is 2. The van der Waals surface area contributed by atoms with Crippen molar-refractivity contribution in [3.05, 3.63) is 41.2 Å². The number of aliphatic hydroxyl groups is 1. The number of rotatable bonds is 4. The highest BCUT2D eigenvalue weighted by Crippen LogP contribution is 2.23. The van der Waals surface area contributed by atoms with E-state index in [2.05, 4.69) is 9.82 Å². The van der Waals surface area contributed by atoms with Gasteiger partial charge in [-0.1, -0.05) is 6.07 Å². The van der Waals surface area contributed by atoms with Crippen LogP contribution in [0, 0.1) is 13.8 Å². The number of aromatic nitrogens is 2. The van der Waals surface area contributed by atoms with Gasteiger partial charge in [0.15, 0.2) is 0 Å². The number of aryl methyl sites for hydroxylation is 2. The molecule has 0 aliphatic heterocycles. The van der Waals surface area contributed by atoms with E-state index in [9.17, 15) is 13.5 Å². The van der Waals surface area contributed by atoms with Crippen molar-refractivity contribution in [2.24, 2.45) is 7.05 Å². The van der Waals surface area contributed by atoms with Gasteiger partial charge in [-0.15, -0.1) is 0 Å². The Kier molecular flexibility index (Phi) is 3.82. The third-order valence-corrected chi connectivity index (χ3v) is 4.62. The third kappa shape index (κ3) is 2.83. The first-order chi connectivity index (χ1) is 9.33. The highest BCUT2D eigenvalue weighted by atomic mass is 32.2. The molecule has 1 heterocycles. The highest BCUT2D eigenvalue weighted by Gasteiger charge is 2.19. The molecular weight excluding hydrogens is 278 g/mol. The summed E-state index contributed by atoms with van der Waals surface area (Å²) < 4.78 is 28.8. The fraction of sp³-hybridized carbons (Fsp3) is 0.308. The molecule has 0 saturated carbocycles. The number of benzene rings is 1. The summed E-state index contributed by atoms with van der Waals surface area (Å²) in [5, 5.41) is 13.1. The van der Waals surface area contributed by atoms with Gasteiger partial charge in [-0.25, -0.2) is 8.42 Å². The zero-order valence-corrected chi connectivity index (χ0v) is 12.4. The van der Waals surface area contributed by atoms with E-state index in [-0.39, 0.29) is 11.5 Å². The van der Waals surface area contributed by atoms with Crippen LogP contribution in [0.5, 0.6) is 0 Å². The SMILES string of the molecule is Cc1cc(CO)cc(S(=O)(=O)Nc2cnn(C)c2)c1C. The maximum Gasteiger partial charge on any atom is 0.262 e. The zero-order valence-electron chi connectivity index (χ0n) is 11.6. The Morgan fingerprint density at radius 3 is 2.60 bits per heavy atom. The van der Waals surface area contributed by atoms with Crippen molar-refractivity contribution in [2.45, 2.75) is 25.3 Å². The molecule has 0 fully saturated rings. The molecule has 0 atom stereocenters. The Hall–Kier alpha value is -1.86. The molecule has 20 heavy (non-hydrogen) atoms. The van der Waals surface area contributed by atoms with Crippen molar-refractivity contribution < 1.29 is 13.5 Å². The minimum absolute atomic E-state index is 0.172. The minimum Gasteiger partial charge on any atom is -0.392 e. The Labute approximate surface area is 118 Å². The van der Waals surface area contributed by atoms with Crippen molar-refractivity contribution in [1.29, 1.82) is 0 Å². The number of anilines is 1. The first kappa shape index (κ1) is 14.5.